The molecule has 0 unspecified atom stereocenters. The van der Waals surface area contributed by atoms with E-state index in [-0.39, 0.29) is 30.5 Å². The molecule has 2 aliphatic rings. The Morgan fingerprint density at radius 3 is 2.73 bits per heavy atom. The van der Waals surface area contributed by atoms with Crippen molar-refractivity contribution in [2.75, 3.05) is 13.1 Å². The lowest BCUT2D eigenvalue weighted by molar-refractivity contribution is -0.123. The third-order valence-corrected chi connectivity index (χ3v) is 3.22. The molecule has 0 aromatic carbocycles. The normalized spacial score (nSPS) is 31.9. The molecule has 2 fully saturated rings. The van der Waals surface area contributed by atoms with Gasteiger partial charge < -0.3 is 15.7 Å². The van der Waals surface area contributed by atoms with Crippen molar-refractivity contribution in [3.63, 3.8) is 0 Å². The van der Waals surface area contributed by atoms with Crippen molar-refractivity contribution in [2.45, 2.75) is 38.3 Å². The topological polar surface area (TPSA) is 61.4 Å². The number of nitrogens with one attached hydrogen (secondary N) is 2. The van der Waals surface area contributed by atoms with Gasteiger partial charge in [0, 0.05) is 13.1 Å². The van der Waals surface area contributed by atoms with E-state index >= 15 is 0 Å². The third-order valence-electron chi connectivity index (χ3n) is 3.22. The summed E-state index contributed by atoms with van der Waals surface area (Å²) in [4.78, 5) is 11.6. The summed E-state index contributed by atoms with van der Waals surface area (Å²) in [6.45, 7) is 3.50. The summed E-state index contributed by atoms with van der Waals surface area (Å²) >= 11 is 0. The van der Waals surface area contributed by atoms with E-state index in [9.17, 15) is 9.90 Å². The average Bonchev–Trinajstić information content (AvgIpc) is 2.71. The molecule has 88 valence electrons. The van der Waals surface area contributed by atoms with E-state index < -0.39 is 0 Å². The number of rotatable bonds is 3. The number of halogens is 1. The highest BCUT2D eigenvalue weighted by Gasteiger charge is 2.38. The number of amides is 1. The van der Waals surface area contributed by atoms with Gasteiger partial charge in [0.2, 0.25) is 5.91 Å². The highest BCUT2D eigenvalue weighted by Crippen LogP contribution is 2.44. The van der Waals surface area contributed by atoms with E-state index in [0.29, 0.717) is 18.4 Å². The van der Waals surface area contributed by atoms with Crippen LogP contribution < -0.4 is 10.6 Å². The number of β-amino-alcohol motifs (C(OH)–C–C–N with tert-alkyl or cyclic N) is 1. The quantitative estimate of drug-likeness (QED) is 0.647. The minimum Gasteiger partial charge on any atom is -0.392 e. The summed E-state index contributed by atoms with van der Waals surface area (Å²) < 4.78 is 0. The maximum absolute atomic E-state index is 11.6. The summed E-state index contributed by atoms with van der Waals surface area (Å²) in [7, 11) is 0. The molecule has 3 N–H and O–H groups in total. The SMILES string of the molecule is CC1(CNC(=O)[C@H]2C[C@H](O)CN2)CC1.Cl. The molecule has 1 amide bonds. The number of aliphatic hydroxyl groups is 1. The van der Waals surface area contributed by atoms with Crippen LogP contribution in [0.3, 0.4) is 0 Å². The lowest BCUT2D eigenvalue weighted by atomic mass is 10.1. The molecule has 5 heteroatoms. The first-order valence-corrected chi connectivity index (χ1v) is 5.28. The van der Waals surface area contributed by atoms with Crippen LogP contribution in [0.25, 0.3) is 0 Å². The molecule has 2 rings (SSSR count). The third kappa shape index (κ3) is 3.33. The van der Waals surface area contributed by atoms with Crippen LogP contribution in [0.2, 0.25) is 0 Å². The Balaban J connectivity index is 0.00000112. The Kier molecular flexibility index (Phi) is 3.98. The summed E-state index contributed by atoms with van der Waals surface area (Å²) in [5.74, 6) is 0.0367. The smallest absolute Gasteiger partial charge is 0.237 e. The van der Waals surface area contributed by atoms with Crippen molar-refractivity contribution in [3.05, 3.63) is 0 Å². The summed E-state index contributed by atoms with van der Waals surface area (Å²) in [5.41, 5.74) is 0.354. The van der Waals surface area contributed by atoms with Gasteiger partial charge in [-0.15, -0.1) is 12.4 Å². The molecule has 1 heterocycles. The highest BCUT2D eigenvalue weighted by atomic mass is 35.5. The lowest BCUT2D eigenvalue weighted by Crippen LogP contribution is -2.42. The fourth-order valence-corrected chi connectivity index (χ4v) is 1.73. The maximum Gasteiger partial charge on any atom is 0.237 e. The number of carbonyl (C=O) groups is 1. The van der Waals surface area contributed by atoms with Crippen LogP contribution in [0.1, 0.15) is 26.2 Å². The molecule has 1 aliphatic carbocycles. The van der Waals surface area contributed by atoms with Gasteiger partial charge in [0.15, 0.2) is 0 Å². The Morgan fingerprint density at radius 1 is 1.60 bits per heavy atom. The first-order chi connectivity index (χ1) is 6.59. The molecule has 15 heavy (non-hydrogen) atoms. The average molecular weight is 235 g/mol. The Labute approximate surface area is 96.2 Å². The van der Waals surface area contributed by atoms with Crippen molar-refractivity contribution in [3.8, 4) is 0 Å². The molecular weight excluding hydrogens is 216 g/mol. The summed E-state index contributed by atoms with van der Waals surface area (Å²) in [6, 6.07) is -0.188. The highest BCUT2D eigenvalue weighted by molar-refractivity contribution is 5.85. The number of hydrogen-bond donors (Lipinski definition) is 3. The van der Waals surface area contributed by atoms with Crippen molar-refractivity contribution in [1.82, 2.24) is 10.6 Å². The van der Waals surface area contributed by atoms with Gasteiger partial charge in [-0.05, 0) is 24.7 Å². The van der Waals surface area contributed by atoms with Gasteiger partial charge in [-0.2, -0.15) is 0 Å². The summed E-state index contributed by atoms with van der Waals surface area (Å²) in [6.07, 6.45) is 2.62. The lowest BCUT2D eigenvalue weighted by Gasteiger charge is -2.13. The van der Waals surface area contributed by atoms with E-state index in [2.05, 4.69) is 17.6 Å². The molecular formula is C10H19ClN2O2. The molecule has 1 saturated carbocycles. The van der Waals surface area contributed by atoms with E-state index in [1.165, 1.54) is 12.8 Å². The van der Waals surface area contributed by atoms with Gasteiger partial charge in [0.1, 0.15) is 0 Å². The molecule has 0 bridgehead atoms. The monoisotopic (exact) mass is 234 g/mol. The minimum absolute atomic E-state index is 0. The van der Waals surface area contributed by atoms with Gasteiger partial charge in [-0.1, -0.05) is 6.92 Å². The summed E-state index contributed by atoms with van der Waals surface area (Å²) in [5, 5.41) is 15.2. The van der Waals surface area contributed by atoms with E-state index in [4.69, 9.17) is 0 Å². The van der Waals surface area contributed by atoms with Gasteiger partial charge in [-0.3, -0.25) is 4.79 Å². The fourth-order valence-electron chi connectivity index (χ4n) is 1.73. The Hall–Kier alpha value is -0.320. The Morgan fingerprint density at radius 2 is 2.27 bits per heavy atom. The van der Waals surface area contributed by atoms with Gasteiger partial charge in [0.25, 0.3) is 0 Å². The molecule has 2 atom stereocenters. The zero-order valence-corrected chi connectivity index (χ0v) is 9.77. The number of hydrogen-bond acceptors (Lipinski definition) is 3. The van der Waals surface area contributed by atoms with Crippen LogP contribution >= 0.6 is 12.4 Å². The molecule has 0 spiro atoms. The maximum atomic E-state index is 11.6. The van der Waals surface area contributed by atoms with Crippen LogP contribution in [0.5, 0.6) is 0 Å². The van der Waals surface area contributed by atoms with Crippen molar-refractivity contribution < 1.29 is 9.90 Å². The molecule has 1 saturated heterocycles. The van der Waals surface area contributed by atoms with Crippen molar-refractivity contribution >= 4 is 18.3 Å². The predicted molar refractivity (Wildman–Crippen MR) is 60.0 cm³/mol. The molecule has 4 nitrogen and oxygen atoms in total. The van der Waals surface area contributed by atoms with Gasteiger partial charge >= 0.3 is 0 Å². The second-order valence-electron chi connectivity index (χ2n) is 4.88. The zero-order chi connectivity index (χ0) is 10.2. The van der Waals surface area contributed by atoms with Crippen LogP contribution in [0.15, 0.2) is 0 Å². The Bertz CT molecular complexity index is 244. The van der Waals surface area contributed by atoms with E-state index in [0.717, 1.165) is 6.54 Å². The fraction of sp³-hybridized carbons (Fsp3) is 0.900. The van der Waals surface area contributed by atoms with Crippen molar-refractivity contribution in [1.29, 1.82) is 0 Å². The van der Waals surface area contributed by atoms with Gasteiger partial charge in [0.05, 0.1) is 12.1 Å². The largest absolute Gasteiger partial charge is 0.392 e. The molecule has 0 radical (unpaired) electrons. The van der Waals surface area contributed by atoms with Crippen LogP contribution in [0.4, 0.5) is 0 Å². The van der Waals surface area contributed by atoms with E-state index in [1.807, 2.05) is 0 Å². The van der Waals surface area contributed by atoms with Crippen LogP contribution in [-0.2, 0) is 4.79 Å². The number of aliphatic hydroxyl groups excluding tert-OH is 1. The minimum atomic E-state index is -0.359. The number of carbonyl (C=O) groups excluding carboxylic acids is 1. The second kappa shape index (κ2) is 4.68. The molecule has 0 aromatic heterocycles. The molecule has 0 aromatic rings. The zero-order valence-electron chi connectivity index (χ0n) is 8.95. The first-order valence-electron chi connectivity index (χ1n) is 5.28. The van der Waals surface area contributed by atoms with Gasteiger partial charge in [-0.25, -0.2) is 0 Å². The van der Waals surface area contributed by atoms with E-state index in [1.54, 1.807) is 0 Å². The predicted octanol–water partition coefficient (Wildman–Crippen LogP) is 0.0473. The van der Waals surface area contributed by atoms with Crippen LogP contribution in [-0.4, -0.2) is 36.2 Å². The van der Waals surface area contributed by atoms with Crippen LogP contribution in [0, 0.1) is 5.41 Å². The molecule has 1 aliphatic heterocycles. The van der Waals surface area contributed by atoms with Crippen molar-refractivity contribution in [2.24, 2.45) is 5.41 Å². The first kappa shape index (κ1) is 12.7. The standard InChI is InChI=1S/C10H18N2O2.ClH/c1-10(2-3-10)6-12-9(14)8-4-7(13)5-11-8;/h7-8,11,13H,2-6H2,1H3,(H,12,14);1H/t7-,8+;/m0./s1. The second-order valence-corrected chi connectivity index (χ2v) is 4.88.